The van der Waals surface area contributed by atoms with Crippen molar-refractivity contribution in [1.29, 1.82) is 0 Å². The van der Waals surface area contributed by atoms with Crippen LogP contribution in [0, 0.1) is 5.82 Å². The van der Waals surface area contributed by atoms with Crippen molar-refractivity contribution in [3.63, 3.8) is 0 Å². The number of carbonyl (C=O) groups excluding carboxylic acids is 1. The smallest absolute Gasteiger partial charge is 0.254 e. The van der Waals surface area contributed by atoms with Gasteiger partial charge in [0.1, 0.15) is 11.6 Å². The summed E-state index contributed by atoms with van der Waals surface area (Å²) in [6.45, 7) is 0.325. The number of rotatable bonds is 5. The van der Waals surface area contributed by atoms with Crippen molar-refractivity contribution in [3.8, 4) is 0 Å². The van der Waals surface area contributed by atoms with Crippen LogP contribution in [0.15, 0.2) is 45.5 Å². The zero-order chi connectivity index (χ0) is 15.4. The van der Waals surface area contributed by atoms with Crippen LogP contribution in [0.4, 0.5) is 4.39 Å². The van der Waals surface area contributed by atoms with E-state index < -0.39 is 11.7 Å². The molecule has 2 rings (SSSR count). The van der Waals surface area contributed by atoms with Crippen LogP contribution in [-0.4, -0.2) is 31.4 Å². The SMILES string of the molecule is CN(C)[C@@H](CNC(=O)c1cc(Br)ccc1F)c1ccco1. The number of hydrogen-bond acceptors (Lipinski definition) is 3. The Bertz CT molecular complexity index is 614. The molecule has 1 amide bonds. The van der Waals surface area contributed by atoms with E-state index in [0.29, 0.717) is 11.0 Å². The van der Waals surface area contributed by atoms with Crippen LogP contribution in [0.1, 0.15) is 22.2 Å². The summed E-state index contributed by atoms with van der Waals surface area (Å²) in [5.41, 5.74) is 0.0151. The number of hydrogen-bond donors (Lipinski definition) is 1. The predicted molar refractivity (Wildman–Crippen MR) is 81.6 cm³/mol. The number of nitrogens with one attached hydrogen (secondary N) is 1. The molecule has 1 aromatic carbocycles. The Kier molecular flexibility index (Phi) is 5.14. The maximum absolute atomic E-state index is 13.7. The molecule has 0 saturated carbocycles. The van der Waals surface area contributed by atoms with Gasteiger partial charge in [-0.3, -0.25) is 9.69 Å². The second kappa shape index (κ2) is 6.87. The van der Waals surface area contributed by atoms with Gasteiger partial charge in [0.2, 0.25) is 0 Å². The molecule has 0 aliphatic rings. The van der Waals surface area contributed by atoms with Gasteiger partial charge in [0.05, 0.1) is 17.9 Å². The maximum Gasteiger partial charge on any atom is 0.254 e. The minimum Gasteiger partial charge on any atom is -0.468 e. The molecule has 0 fully saturated rings. The molecule has 6 heteroatoms. The van der Waals surface area contributed by atoms with Gasteiger partial charge in [-0.25, -0.2) is 4.39 Å². The van der Waals surface area contributed by atoms with Crippen LogP contribution in [-0.2, 0) is 0 Å². The van der Waals surface area contributed by atoms with Crippen molar-refractivity contribution in [2.45, 2.75) is 6.04 Å². The van der Waals surface area contributed by atoms with Crippen molar-refractivity contribution >= 4 is 21.8 Å². The molecule has 2 aromatic rings. The van der Waals surface area contributed by atoms with Gasteiger partial charge in [0, 0.05) is 11.0 Å². The lowest BCUT2D eigenvalue weighted by molar-refractivity contribution is 0.0935. The lowest BCUT2D eigenvalue weighted by Gasteiger charge is -2.22. The third-order valence-electron chi connectivity index (χ3n) is 3.12. The van der Waals surface area contributed by atoms with E-state index in [9.17, 15) is 9.18 Å². The average Bonchev–Trinajstić information content (AvgIpc) is 2.95. The molecule has 1 heterocycles. The molecule has 1 atom stereocenters. The predicted octanol–water partition coefficient (Wildman–Crippen LogP) is 3.21. The summed E-state index contributed by atoms with van der Waals surface area (Å²) in [6, 6.07) is 7.80. The number of halogens is 2. The van der Waals surface area contributed by atoms with Crippen molar-refractivity contribution in [2.24, 2.45) is 0 Å². The average molecular weight is 355 g/mol. The Morgan fingerprint density at radius 1 is 1.43 bits per heavy atom. The number of likely N-dealkylation sites (N-methyl/N-ethyl adjacent to an activating group) is 1. The van der Waals surface area contributed by atoms with Gasteiger partial charge >= 0.3 is 0 Å². The Labute approximate surface area is 131 Å². The highest BCUT2D eigenvalue weighted by Crippen LogP contribution is 2.19. The second-order valence-corrected chi connectivity index (χ2v) is 5.74. The van der Waals surface area contributed by atoms with Gasteiger partial charge < -0.3 is 9.73 Å². The van der Waals surface area contributed by atoms with Crippen molar-refractivity contribution in [2.75, 3.05) is 20.6 Å². The Balaban J connectivity index is 2.07. The number of furan rings is 1. The summed E-state index contributed by atoms with van der Waals surface area (Å²) in [5, 5.41) is 2.74. The van der Waals surface area contributed by atoms with Crippen molar-refractivity contribution in [1.82, 2.24) is 10.2 Å². The maximum atomic E-state index is 13.7. The van der Waals surface area contributed by atoms with Crippen molar-refractivity contribution in [3.05, 3.63) is 58.2 Å². The van der Waals surface area contributed by atoms with Crippen LogP contribution in [0.3, 0.4) is 0 Å². The Hall–Kier alpha value is -1.66. The number of carbonyl (C=O) groups is 1. The summed E-state index contributed by atoms with van der Waals surface area (Å²) in [4.78, 5) is 14.0. The minimum absolute atomic E-state index is 0.0151. The standard InChI is InChI=1S/C15H16BrFN2O2/c1-19(2)13(14-4-3-7-21-14)9-18-15(20)11-8-10(16)5-6-12(11)17/h3-8,13H,9H2,1-2H3,(H,18,20)/t13-/m0/s1. The fourth-order valence-corrected chi connectivity index (χ4v) is 2.34. The quantitative estimate of drug-likeness (QED) is 0.896. The molecular weight excluding hydrogens is 339 g/mol. The summed E-state index contributed by atoms with van der Waals surface area (Å²) < 4.78 is 19.7. The van der Waals surface area contributed by atoms with Gasteiger partial charge in [-0.15, -0.1) is 0 Å². The van der Waals surface area contributed by atoms with E-state index in [1.54, 1.807) is 18.4 Å². The molecule has 21 heavy (non-hydrogen) atoms. The molecule has 0 unspecified atom stereocenters. The highest BCUT2D eigenvalue weighted by atomic mass is 79.9. The van der Waals surface area contributed by atoms with Gasteiger partial charge in [-0.1, -0.05) is 15.9 Å². The van der Waals surface area contributed by atoms with E-state index in [1.165, 1.54) is 12.1 Å². The molecule has 0 bridgehead atoms. The van der Waals surface area contributed by atoms with Crippen LogP contribution in [0.25, 0.3) is 0 Å². The molecule has 4 nitrogen and oxygen atoms in total. The Morgan fingerprint density at radius 3 is 2.81 bits per heavy atom. The van der Waals surface area contributed by atoms with Gasteiger partial charge in [-0.2, -0.15) is 0 Å². The first kappa shape index (κ1) is 15.7. The molecule has 1 N–H and O–H groups in total. The summed E-state index contributed by atoms with van der Waals surface area (Å²) in [7, 11) is 3.78. The molecule has 0 aliphatic carbocycles. The summed E-state index contributed by atoms with van der Waals surface area (Å²) in [6.07, 6.45) is 1.58. The number of benzene rings is 1. The topological polar surface area (TPSA) is 45.5 Å². The zero-order valence-corrected chi connectivity index (χ0v) is 13.4. The fraction of sp³-hybridized carbons (Fsp3) is 0.267. The minimum atomic E-state index is -0.546. The molecule has 0 spiro atoms. The van der Waals surface area contributed by atoms with E-state index in [-0.39, 0.29) is 11.6 Å². The molecular formula is C15H16BrFN2O2. The molecule has 0 radical (unpaired) electrons. The van der Waals surface area contributed by atoms with Crippen LogP contribution in [0.5, 0.6) is 0 Å². The third kappa shape index (κ3) is 3.92. The second-order valence-electron chi connectivity index (χ2n) is 4.83. The van der Waals surface area contributed by atoms with Crippen LogP contribution < -0.4 is 5.32 Å². The van der Waals surface area contributed by atoms with Crippen molar-refractivity contribution < 1.29 is 13.6 Å². The summed E-state index contributed by atoms with van der Waals surface area (Å²) in [5.74, 6) is -0.252. The first-order chi connectivity index (χ1) is 9.99. The van der Waals surface area contributed by atoms with E-state index in [4.69, 9.17) is 4.42 Å². The fourth-order valence-electron chi connectivity index (χ4n) is 1.97. The van der Waals surface area contributed by atoms with Crippen LogP contribution in [0.2, 0.25) is 0 Å². The normalized spacial score (nSPS) is 12.4. The number of amides is 1. The van der Waals surface area contributed by atoms with E-state index in [0.717, 1.165) is 5.76 Å². The first-order valence-electron chi connectivity index (χ1n) is 6.42. The highest BCUT2D eigenvalue weighted by Gasteiger charge is 2.19. The Morgan fingerprint density at radius 2 is 2.19 bits per heavy atom. The van der Waals surface area contributed by atoms with Crippen LogP contribution >= 0.6 is 15.9 Å². The largest absolute Gasteiger partial charge is 0.468 e. The molecule has 0 aliphatic heterocycles. The summed E-state index contributed by atoms with van der Waals surface area (Å²) >= 11 is 3.23. The van der Waals surface area contributed by atoms with E-state index in [2.05, 4.69) is 21.2 Å². The highest BCUT2D eigenvalue weighted by molar-refractivity contribution is 9.10. The van der Waals surface area contributed by atoms with E-state index in [1.807, 2.05) is 25.1 Å². The third-order valence-corrected chi connectivity index (χ3v) is 3.62. The number of nitrogens with zero attached hydrogens (tertiary/aromatic N) is 1. The molecule has 112 valence electrons. The monoisotopic (exact) mass is 354 g/mol. The zero-order valence-electron chi connectivity index (χ0n) is 11.8. The van der Waals surface area contributed by atoms with E-state index >= 15 is 0 Å². The lowest BCUT2D eigenvalue weighted by Crippen LogP contribution is -2.34. The molecule has 1 aromatic heterocycles. The first-order valence-corrected chi connectivity index (χ1v) is 7.21. The van der Waals surface area contributed by atoms with Gasteiger partial charge in [0.15, 0.2) is 0 Å². The molecule has 0 saturated heterocycles. The van der Waals surface area contributed by atoms with Gasteiger partial charge in [-0.05, 0) is 44.4 Å². The van der Waals surface area contributed by atoms with Gasteiger partial charge in [0.25, 0.3) is 5.91 Å². The lowest BCUT2D eigenvalue weighted by atomic mass is 10.1.